The predicted octanol–water partition coefficient (Wildman–Crippen LogP) is 3.75. The Balaban J connectivity index is 1.78. The maximum absolute atomic E-state index is 12.3. The van der Waals surface area contributed by atoms with Crippen LogP contribution in [0.1, 0.15) is 26.3 Å². The van der Waals surface area contributed by atoms with Gasteiger partial charge in [-0.05, 0) is 68.6 Å². The Labute approximate surface area is 155 Å². The molecule has 1 N–H and O–H groups in total. The molecule has 0 aliphatic carbocycles. The molecule has 3 rings (SSSR count). The van der Waals surface area contributed by atoms with Crippen LogP contribution in [-0.4, -0.2) is 29.2 Å². The average molecular weight is 452 g/mol. The zero-order chi connectivity index (χ0) is 17.4. The SMILES string of the molecule is Cc1cc(Br)c(NC(=O)CN2C(=O)c3ccccc3C2=O)c(Br)c1. The summed E-state index contributed by atoms with van der Waals surface area (Å²) < 4.78 is 1.43. The van der Waals surface area contributed by atoms with Gasteiger partial charge in [0, 0.05) is 8.95 Å². The Morgan fingerprint density at radius 1 is 1.04 bits per heavy atom. The molecule has 0 radical (unpaired) electrons. The van der Waals surface area contributed by atoms with E-state index in [2.05, 4.69) is 37.2 Å². The van der Waals surface area contributed by atoms with Crippen molar-refractivity contribution in [3.63, 3.8) is 0 Å². The summed E-state index contributed by atoms with van der Waals surface area (Å²) in [5, 5.41) is 2.72. The molecule has 0 fully saturated rings. The molecule has 0 bridgehead atoms. The number of carbonyl (C=O) groups is 3. The number of nitrogens with zero attached hydrogens (tertiary/aromatic N) is 1. The van der Waals surface area contributed by atoms with Crippen LogP contribution in [0.5, 0.6) is 0 Å². The van der Waals surface area contributed by atoms with Gasteiger partial charge in [-0.1, -0.05) is 12.1 Å². The van der Waals surface area contributed by atoms with E-state index in [0.29, 0.717) is 25.8 Å². The molecular weight excluding hydrogens is 440 g/mol. The number of hydrogen-bond acceptors (Lipinski definition) is 3. The van der Waals surface area contributed by atoms with Crippen molar-refractivity contribution in [2.45, 2.75) is 6.92 Å². The lowest BCUT2D eigenvalue weighted by Gasteiger charge is -2.15. The number of aryl methyl sites for hydroxylation is 1. The number of carbonyl (C=O) groups excluding carboxylic acids is 3. The van der Waals surface area contributed by atoms with E-state index in [1.54, 1.807) is 24.3 Å². The van der Waals surface area contributed by atoms with Crippen molar-refractivity contribution < 1.29 is 14.4 Å². The van der Waals surface area contributed by atoms with Crippen molar-refractivity contribution in [2.24, 2.45) is 0 Å². The van der Waals surface area contributed by atoms with Gasteiger partial charge in [0.25, 0.3) is 11.8 Å². The van der Waals surface area contributed by atoms with Gasteiger partial charge in [-0.3, -0.25) is 19.3 Å². The summed E-state index contributed by atoms with van der Waals surface area (Å²) in [4.78, 5) is 37.8. The molecule has 0 atom stereocenters. The lowest BCUT2D eigenvalue weighted by molar-refractivity contribution is -0.116. The largest absolute Gasteiger partial charge is 0.323 e. The predicted molar refractivity (Wildman–Crippen MR) is 97.0 cm³/mol. The second kappa shape index (κ2) is 6.49. The first-order valence-electron chi connectivity index (χ1n) is 7.09. The monoisotopic (exact) mass is 450 g/mol. The quantitative estimate of drug-likeness (QED) is 0.722. The molecule has 0 aromatic heterocycles. The standard InChI is InChI=1S/C17H12Br2N2O3/c1-9-6-12(18)15(13(19)7-9)20-14(22)8-21-16(23)10-4-2-3-5-11(10)17(21)24/h2-7H,8H2,1H3,(H,20,22). The summed E-state index contributed by atoms with van der Waals surface area (Å²) in [5.41, 5.74) is 2.23. The molecule has 2 aromatic rings. The van der Waals surface area contributed by atoms with Gasteiger partial charge >= 0.3 is 0 Å². The van der Waals surface area contributed by atoms with E-state index in [-0.39, 0.29) is 6.54 Å². The molecule has 1 aliphatic heterocycles. The van der Waals surface area contributed by atoms with Gasteiger partial charge in [-0.2, -0.15) is 0 Å². The van der Waals surface area contributed by atoms with E-state index in [1.807, 2.05) is 19.1 Å². The number of benzene rings is 2. The maximum Gasteiger partial charge on any atom is 0.262 e. The van der Waals surface area contributed by atoms with Gasteiger partial charge in [0.2, 0.25) is 5.91 Å². The van der Waals surface area contributed by atoms with Crippen LogP contribution in [0.25, 0.3) is 0 Å². The lowest BCUT2D eigenvalue weighted by atomic mass is 10.1. The zero-order valence-electron chi connectivity index (χ0n) is 12.6. The second-order valence-corrected chi connectivity index (χ2v) is 7.10. The normalized spacial score (nSPS) is 13.2. The summed E-state index contributed by atoms with van der Waals surface area (Å²) in [7, 11) is 0. The first-order chi connectivity index (χ1) is 11.4. The smallest absolute Gasteiger partial charge is 0.262 e. The van der Waals surface area contributed by atoms with E-state index in [0.717, 1.165) is 10.5 Å². The fourth-order valence-electron chi connectivity index (χ4n) is 2.52. The fraction of sp³-hybridized carbons (Fsp3) is 0.118. The third kappa shape index (κ3) is 3.01. The van der Waals surface area contributed by atoms with E-state index in [4.69, 9.17) is 0 Å². The zero-order valence-corrected chi connectivity index (χ0v) is 15.8. The molecule has 1 heterocycles. The number of amides is 3. The van der Waals surface area contributed by atoms with Gasteiger partial charge in [0.1, 0.15) is 6.54 Å². The first kappa shape index (κ1) is 16.9. The van der Waals surface area contributed by atoms with Crippen LogP contribution in [0.3, 0.4) is 0 Å². The molecular formula is C17H12Br2N2O3. The highest BCUT2D eigenvalue weighted by Gasteiger charge is 2.36. The number of hydrogen-bond donors (Lipinski definition) is 1. The topological polar surface area (TPSA) is 66.5 Å². The number of anilines is 1. The molecule has 0 spiro atoms. The number of imide groups is 1. The van der Waals surface area contributed by atoms with Crippen molar-refractivity contribution in [3.05, 3.63) is 62.0 Å². The average Bonchev–Trinajstić information content (AvgIpc) is 2.76. The van der Waals surface area contributed by atoms with Crippen molar-refractivity contribution in [3.8, 4) is 0 Å². The van der Waals surface area contributed by atoms with Gasteiger partial charge in [-0.25, -0.2) is 0 Å². The van der Waals surface area contributed by atoms with Crippen molar-refractivity contribution in [1.29, 1.82) is 0 Å². The van der Waals surface area contributed by atoms with E-state index in [9.17, 15) is 14.4 Å². The summed E-state index contributed by atoms with van der Waals surface area (Å²) >= 11 is 6.79. The first-order valence-corrected chi connectivity index (χ1v) is 8.68. The van der Waals surface area contributed by atoms with Crippen molar-refractivity contribution in [2.75, 3.05) is 11.9 Å². The molecule has 7 heteroatoms. The Hall–Kier alpha value is -1.99. The molecule has 2 aromatic carbocycles. The highest BCUT2D eigenvalue weighted by molar-refractivity contribution is 9.11. The fourth-order valence-corrected chi connectivity index (χ4v) is 4.14. The molecule has 0 saturated carbocycles. The third-order valence-electron chi connectivity index (χ3n) is 3.63. The summed E-state index contributed by atoms with van der Waals surface area (Å²) in [6.07, 6.45) is 0. The van der Waals surface area contributed by atoms with E-state index in [1.165, 1.54) is 0 Å². The van der Waals surface area contributed by atoms with Crippen LogP contribution < -0.4 is 5.32 Å². The Morgan fingerprint density at radius 3 is 2.04 bits per heavy atom. The number of halogens is 2. The minimum atomic E-state index is -0.451. The van der Waals surface area contributed by atoms with Crippen LogP contribution in [-0.2, 0) is 4.79 Å². The number of nitrogens with one attached hydrogen (secondary N) is 1. The summed E-state index contributed by atoms with van der Waals surface area (Å²) in [6.45, 7) is 1.60. The molecule has 3 amide bonds. The van der Waals surface area contributed by atoms with Gasteiger partial charge < -0.3 is 5.32 Å². The van der Waals surface area contributed by atoms with Gasteiger partial charge in [0.15, 0.2) is 0 Å². The van der Waals surface area contributed by atoms with Crippen LogP contribution in [0.4, 0.5) is 5.69 Å². The number of fused-ring (bicyclic) bond motifs is 1. The second-order valence-electron chi connectivity index (χ2n) is 5.39. The van der Waals surface area contributed by atoms with Crippen LogP contribution in [0.15, 0.2) is 45.3 Å². The molecule has 0 unspecified atom stereocenters. The maximum atomic E-state index is 12.3. The minimum Gasteiger partial charge on any atom is -0.323 e. The van der Waals surface area contributed by atoms with Crippen LogP contribution >= 0.6 is 31.9 Å². The molecule has 1 aliphatic rings. The third-order valence-corrected chi connectivity index (χ3v) is 4.88. The van der Waals surface area contributed by atoms with E-state index >= 15 is 0 Å². The van der Waals surface area contributed by atoms with Gasteiger partial charge in [-0.15, -0.1) is 0 Å². The molecule has 0 saturated heterocycles. The van der Waals surface area contributed by atoms with Crippen LogP contribution in [0, 0.1) is 6.92 Å². The molecule has 5 nitrogen and oxygen atoms in total. The van der Waals surface area contributed by atoms with Crippen molar-refractivity contribution >= 4 is 55.3 Å². The van der Waals surface area contributed by atoms with Crippen molar-refractivity contribution in [1.82, 2.24) is 4.90 Å². The Morgan fingerprint density at radius 2 is 1.54 bits per heavy atom. The minimum absolute atomic E-state index is 0.327. The molecule has 122 valence electrons. The Bertz CT molecular complexity index is 822. The summed E-state index contributed by atoms with van der Waals surface area (Å²) in [5.74, 6) is -1.35. The lowest BCUT2D eigenvalue weighted by Crippen LogP contribution is -2.37. The van der Waals surface area contributed by atoms with Crippen LogP contribution in [0.2, 0.25) is 0 Å². The highest BCUT2D eigenvalue weighted by Crippen LogP contribution is 2.32. The molecule has 24 heavy (non-hydrogen) atoms. The summed E-state index contributed by atoms with van der Waals surface area (Å²) in [6, 6.07) is 10.3. The highest BCUT2D eigenvalue weighted by atomic mass is 79.9. The van der Waals surface area contributed by atoms with E-state index < -0.39 is 17.7 Å². The Kier molecular flexibility index (Phi) is 4.56. The van der Waals surface area contributed by atoms with Gasteiger partial charge in [0.05, 0.1) is 16.8 Å². The number of rotatable bonds is 3.